The fourth-order valence-corrected chi connectivity index (χ4v) is 4.24. The maximum atomic E-state index is 12.7. The molecule has 0 radical (unpaired) electrons. The number of aromatic nitrogens is 1. The zero-order valence-electron chi connectivity index (χ0n) is 17.4. The zero-order valence-corrected chi connectivity index (χ0v) is 17.4. The Morgan fingerprint density at radius 1 is 1.00 bits per heavy atom. The van der Waals surface area contributed by atoms with Gasteiger partial charge in [0.25, 0.3) is 5.91 Å². The molecular weight excluding hydrogens is 386 g/mol. The van der Waals surface area contributed by atoms with Crippen molar-refractivity contribution in [1.82, 2.24) is 15.6 Å². The molecule has 5 rings (SSSR count). The second-order valence-corrected chi connectivity index (χ2v) is 8.34. The number of nitrogens with one attached hydrogen (secondary N) is 2. The smallest absolute Gasteiger partial charge is 0.251 e. The first-order valence-corrected chi connectivity index (χ1v) is 10.7. The van der Waals surface area contributed by atoms with Crippen molar-refractivity contribution in [2.45, 2.75) is 25.5 Å². The van der Waals surface area contributed by atoms with E-state index in [4.69, 9.17) is 0 Å². The van der Waals surface area contributed by atoms with Gasteiger partial charge >= 0.3 is 0 Å². The van der Waals surface area contributed by atoms with Crippen LogP contribution in [-0.2, 0) is 0 Å². The number of benzene rings is 3. The van der Waals surface area contributed by atoms with E-state index in [-0.39, 0.29) is 11.9 Å². The molecule has 1 aliphatic rings. The second kappa shape index (κ2) is 8.10. The summed E-state index contributed by atoms with van der Waals surface area (Å²) in [7, 11) is 0. The van der Waals surface area contributed by atoms with Crippen molar-refractivity contribution >= 4 is 27.6 Å². The third kappa shape index (κ3) is 4.02. The minimum atomic E-state index is -0.555. The van der Waals surface area contributed by atoms with Crippen LogP contribution in [0.1, 0.15) is 22.3 Å². The molecule has 5 nitrogen and oxygen atoms in total. The van der Waals surface area contributed by atoms with Gasteiger partial charge in [-0.05, 0) is 72.6 Å². The number of hydrogen-bond acceptors (Lipinski definition) is 4. The van der Waals surface area contributed by atoms with Gasteiger partial charge in [-0.2, -0.15) is 0 Å². The SMILES string of the molecule is Cc1ccc2ncc(-c3ccc4cc(C(=O)N[C@@H]5CCNC[C@H]5O)ccc4c3)cc2c1. The summed E-state index contributed by atoms with van der Waals surface area (Å²) in [5, 5.41) is 19.4. The van der Waals surface area contributed by atoms with Crippen molar-refractivity contribution in [2.24, 2.45) is 0 Å². The Hall–Kier alpha value is -3.28. The van der Waals surface area contributed by atoms with Crippen LogP contribution in [0.4, 0.5) is 0 Å². The van der Waals surface area contributed by atoms with Crippen molar-refractivity contribution in [3.05, 3.63) is 78.0 Å². The lowest BCUT2D eigenvalue weighted by Crippen LogP contribution is -2.52. The van der Waals surface area contributed by atoms with E-state index in [1.807, 2.05) is 36.5 Å². The van der Waals surface area contributed by atoms with Crippen LogP contribution >= 0.6 is 0 Å². The van der Waals surface area contributed by atoms with Crippen LogP contribution in [0.15, 0.2) is 66.9 Å². The number of aryl methyl sites for hydroxylation is 1. The predicted octanol–water partition coefficient (Wildman–Crippen LogP) is 3.82. The molecule has 0 bridgehead atoms. The first-order chi connectivity index (χ1) is 15.1. The van der Waals surface area contributed by atoms with Gasteiger partial charge in [-0.25, -0.2) is 0 Å². The number of aliphatic hydroxyl groups is 1. The largest absolute Gasteiger partial charge is 0.390 e. The van der Waals surface area contributed by atoms with Crippen molar-refractivity contribution < 1.29 is 9.90 Å². The molecule has 1 fully saturated rings. The van der Waals surface area contributed by atoms with Gasteiger partial charge in [0.05, 0.1) is 17.7 Å². The van der Waals surface area contributed by atoms with Gasteiger partial charge in [0.2, 0.25) is 0 Å². The van der Waals surface area contributed by atoms with E-state index in [1.54, 1.807) is 0 Å². The molecule has 0 saturated carbocycles. The maximum absolute atomic E-state index is 12.7. The minimum absolute atomic E-state index is 0.147. The van der Waals surface area contributed by atoms with Gasteiger partial charge in [0.15, 0.2) is 0 Å². The Morgan fingerprint density at radius 3 is 2.68 bits per heavy atom. The molecule has 3 aromatic carbocycles. The van der Waals surface area contributed by atoms with Crippen LogP contribution in [0.3, 0.4) is 0 Å². The first-order valence-electron chi connectivity index (χ1n) is 10.7. The fraction of sp³-hybridized carbons (Fsp3) is 0.231. The number of fused-ring (bicyclic) bond motifs is 2. The number of nitrogens with zero attached hydrogens (tertiary/aromatic N) is 1. The molecule has 31 heavy (non-hydrogen) atoms. The molecule has 3 N–H and O–H groups in total. The van der Waals surface area contributed by atoms with Crippen molar-refractivity contribution in [3.63, 3.8) is 0 Å². The predicted molar refractivity (Wildman–Crippen MR) is 124 cm³/mol. The van der Waals surface area contributed by atoms with Crippen LogP contribution in [0.2, 0.25) is 0 Å². The van der Waals surface area contributed by atoms with Crippen LogP contribution in [0.25, 0.3) is 32.8 Å². The van der Waals surface area contributed by atoms with E-state index in [2.05, 4.69) is 52.9 Å². The molecule has 0 spiro atoms. The minimum Gasteiger partial charge on any atom is -0.390 e. The molecular formula is C26H25N3O2. The van der Waals surface area contributed by atoms with E-state index >= 15 is 0 Å². The summed E-state index contributed by atoms with van der Waals surface area (Å²) >= 11 is 0. The Kier molecular flexibility index (Phi) is 5.14. The first kappa shape index (κ1) is 19.7. The highest BCUT2D eigenvalue weighted by Crippen LogP contribution is 2.27. The van der Waals surface area contributed by atoms with E-state index < -0.39 is 6.10 Å². The van der Waals surface area contributed by atoms with Crippen molar-refractivity contribution in [3.8, 4) is 11.1 Å². The van der Waals surface area contributed by atoms with Crippen LogP contribution in [-0.4, -0.2) is 41.2 Å². The number of β-amino-alcohol motifs (C(OH)–C–C–N with tert-alkyl or cyclic N) is 1. The summed E-state index contributed by atoms with van der Waals surface area (Å²) in [5.74, 6) is -0.147. The highest BCUT2D eigenvalue weighted by molar-refractivity contribution is 5.99. The van der Waals surface area contributed by atoms with Crippen LogP contribution in [0, 0.1) is 6.92 Å². The number of pyridine rings is 1. The average Bonchev–Trinajstić information content (AvgIpc) is 2.79. The molecule has 156 valence electrons. The van der Waals surface area contributed by atoms with Gasteiger partial charge < -0.3 is 15.7 Å². The van der Waals surface area contributed by atoms with Gasteiger partial charge in [-0.15, -0.1) is 0 Å². The zero-order chi connectivity index (χ0) is 21.4. The molecule has 2 atom stereocenters. The summed E-state index contributed by atoms with van der Waals surface area (Å²) < 4.78 is 0. The van der Waals surface area contributed by atoms with Gasteiger partial charge in [0.1, 0.15) is 0 Å². The number of aliphatic hydroxyl groups excluding tert-OH is 1. The monoisotopic (exact) mass is 411 g/mol. The summed E-state index contributed by atoms with van der Waals surface area (Å²) in [6, 6.07) is 20.2. The molecule has 5 heteroatoms. The Balaban J connectivity index is 1.41. The number of amides is 1. The summed E-state index contributed by atoms with van der Waals surface area (Å²) in [6.45, 7) is 3.39. The quantitative estimate of drug-likeness (QED) is 0.479. The number of rotatable bonds is 3. The number of carbonyl (C=O) groups excluding carboxylic acids is 1. The van der Waals surface area contributed by atoms with Crippen LogP contribution < -0.4 is 10.6 Å². The Bertz CT molecular complexity index is 1280. The molecule has 0 unspecified atom stereocenters. The van der Waals surface area contributed by atoms with E-state index in [0.717, 1.165) is 45.8 Å². The highest BCUT2D eigenvalue weighted by Gasteiger charge is 2.24. The fourth-order valence-electron chi connectivity index (χ4n) is 4.24. The van der Waals surface area contributed by atoms with E-state index in [9.17, 15) is 9.90 Å². The third-order valence-electron chi connectivity index (χ3n) is 6.04. The molecule has 1 saturated heterocycles. The number of hydrogen-bond donors (Lipinski definition) is 3. The van der Waals surface area contributed by atoms with E-state index in [1.165, 1.54) is 5.56 Å². The third-order valence-corrected chi connectivity index (χ3v) is 6.04. The average molecular weight is 412 g/mol. The molecule has 2 heterocycles. The summed E-state index contributed by atoms with van der Waals surface area (Å²) in [5.41, 5.74) is 4.98. The summed E-state index contributed by atoms with van der Waals surface area (Å²) in [4.78, 5) is 17.3. The number of piperidine rings is 1. The van der Waals surface area contributed by atoms with Gasteiger partial charge in [0, 0.05) is 29.3 Å². The molecule has 0 aliphatic carbocycles. The second-order valence-electron chi connectivity index (χ2n) is 8.34. The summed E-state index contributed by atoms with van der Waals surface area (Å²) in [6.07, 6.45) is 2.08. The number of carbonyl (C=O) groups is 1. The van der Waals surface area contributed by atoms with Crippen molar-refractivity contribution in [1.29, 1.82) is 0 Å². The van der Waals surface area contributed by atoms with E-state index in [0.29, 0.717) is 12.1 Å². The highest BCUT2D eigenvalue weighted by atomic mass is 16.3. The molecule has 1 amide bonds. The Labute approximate surface area is 181 Å². The Morgan fingerprint density at radius 2 is 1.81 bits per heavy atom. The van der Waals surface area contributed by atoms with Gasteiger partial charge in [-0.3, -0.25) is 9.78 Å². The standard InChI is InChI=1S/C26H25N3O2/c1-16-2-7-23-21(10-16)13-22(14-28-23)19-4-3-18-12-20(6-5-17(18)11-19)26(31)29-24-8-9-27-15-25(24)30/h2-7,10-14,24-25,27,30H,8-9,15H2,1H3,(H,29,31)/t24-,25-/m1/s1. The lowest BCUT2D eigenvalue weighted by molar-refractivity contribution is 0.0765. The molecule has 1 aliphatic heterocycles. The van der Waals surface area contributed by atoms with Gasteiger partial charge in [-0.1, -0.05) is 29.8 Å². The molecule has 1 aromatic heterocycles. The molecule has 4 aromatic rings. The van der Waals surface area contributed by atoms with Crippen LogP contribution in [0.5, 0.6) is 0 Å². The lowest BCUT2D eigenvalue weighted by Gasteiger charge is -2.29. The topological polar surface area (TPSA) is 74.2 Å². The maximum Gasteiger partial charge on any atom is 0.251 e. The normalized spacial score (nSPS) is 18.9. The lowest BCUT2D eigenvalue weighted by atomic mass is 9.99. The van der Waals surface area contributed by atoms with Crippen molar-refractivity contribution in [2.75, 3.05) is 13.1 Å².